The van der Waals surface area contributed by atoms with E-state index in [1.165, 1.54) is 5.56 Å². The van der Waals surface area contributed by atoms with Crippen molar-refractivity contribution in [3.05, 3.63) is 65.2 Å². The molecule has 2 aromatic rings. The van der Waals surface area contributed by atoms with Crippen molar-refractivity contribution >= 4 is 11.7 Å². The lowest BCUT2D eigenvalue weighted by molar-refractivity contribution is 0.0403. The van der Waals surface area contributed by atoms with Gasteiger partial charge >= 0.3 is 5.97 Å². The molecule has 0 spiro atoms. The number of hydrogen-bond donors (Lipinski definition) is 1. The smallest absolute Gasteiger partial charge is 0.363 e. The second kappa shape index (κ2) is 6.89. The third kappa shape index (κ3) is 4.20. The van der Waals surface area contributed by atoms with Crippen LogP contribution in [0.3, 0.4) is 0 Å². The molecule has 0 bridgehead atoms. The van der Waals surface area contributed by atoms with E-state index in [-0.39, 0.29) is 11.4 Å². The molecule has 1 aliphatic heterocycles. The standard InChI is InChI=1S/C21H25NO3/c1-21(2,3)14-15-9-10-18-17(13-15)19(23)11-12-22(18)25-20(24)16-7-5-4-6-8-16/h4-10,13,19,23H,11-12,14H2,1-3H3. The highest BCUT2D eigenvalue weighted by molar-refractivity contribution is 5.90. The SMILES string of the molecule is CC(C)(C)Cc1ccc2c(c1)C(O)CCN2OC(=O)c1ccccc1. The second-order valence-electron chi connectivity index (χ2n) is 7.78. The fourth-order valence-corrected chi connectivity index (χ4v) is 3.16. The third-order valence-corrected chi connectivity index (χ3v) is 4.26. The number of carbonyl (C=O) groups excluding carboxylic acids is 1. The van der Waals surface area contributed by atoms with Gasteiger partial charge in [0, 0.05) is 5.56 Å². The molecular formula is C21H25NO3. The van der Waals surface area contributed by atoms with Gasteiger partial charge in [-0.25, -0.2) is 9.86 Å². The number of hydroxylamine groups is 1. The van der Waals surface area contributed by atoms with E-state index in [0.717, 1.165) is 17.7 Å². The zero-order valence-corrected chi connectivity index (χ0v) is 15.0. The van der Waals surface area contributed by atoms with Crippen LogP contribution in [-0.2, 0) is 11.3 Å². The number of fused-ring (bicyclic) bond motifs is 1. The summed E-state index contributed by atoms with van der Waals surface area (Å²) in [5, 5.41) is 12.0. The fraction of sp³-hybridized carbons (Fsp3) is 0.381. The Morgan fingerprint density at radius 1 is 1.20 bits per heavy atom. The number of carbonyl (C=O) groups is 1. The Labute approximate surface area is 149 Å². The van der Waals surface area contributed by atoms with Crippen LogP contribution in [0.25, 0.3) is 0 Å². The van der Waals surface area contributed by atoms with Crippen LogP contribution in [0, 0.1) is 5.41 Å². The molecule has 0 fully saturated rings. The van der Waals surface area contributed by atoms with Crippen LogP contribution in [0.5, 0.6) is 0 Å². The highest BCUT2D eigenvalue weighted by atomic mass is 16.7. The van der Waals surface area contributed by atoms with Crippen molar-refractivity contribution in [2.24, 2.45) is 5.41 Å². The molecule has 0 saturated carbocycles. The first-order valence-corrected chi connectivity index (χ1v) is 8.69. The molecule has 132 valence electrons. The van der Waals surface area contributed by atoms with Gasteiger partial charge in [0.1, 0.15) is 0 Å². The van der Waals surface area contributed by atoms with Gasteiger partial charge < -0.3 is 9.94 Å². The average Bonchev–Trinajstić information content (AvgIpc) is 2.57. The molecule has 1 N–H and O–H groups in total. The number of rotatable bonds is 3. The first kappa shape index (κ1) is 17.5. The topological polar surface area (TPSA) is 49.8 Å². The minimum atomic E-state index is -0.526. The van der Waals surface area contributed by atoms with Crippen molar-refractivity contribution in [3.63, 3.8) is 0 Å². The summed E-state index contributed by atoms with van der Waals surface area (Å²) >= 11 is 0. The largest absolute Gasteiger partial charge is 0.388 e. The predicted octanol–water partition coefficient (Wildman–Crippen LogP) is 4.29. The minimum absolute atomic E-state index is 0.174. The molecule has 0 saturated heterocycles. The van der Waals surface area contributed by atoms with Gasteiger partial charge in [-0.3, -0.25) is 0 Å². The van der Waals surface area contributed by atoms with Gasteiger partial charge in [-0.2, -0.15) is 0 Å². The minimum Gasteiger partial charge on any atom is -0.388 e. The summed E-state index contributed by atoms with van der Waals surface area (Å²) in [7, 11) is 0. The summed E-state index contributed by atoms with van der Waals surface area (Å²) in [4.78, 5) is 17.9. The molecule has 1 atom stereocenters. The summed E-state index contributed by atoms with van der Waals surface area (Å²) in [6, 6.07) is 15.0. The summed E-state index contributed by atoms with van der Waals surface area (Å²) in [5.74, 6) is -0.387. The van der Waals surface area contributed by atoms with E-state index < -0.39 is 6.10 Å². The Morgan fingerprint density at radius 3 is 2.60 bits per heavy atom. The summed E-state index contributed by atoms with van der Waals surface area (Å²) in [5.41, 5.74) is 3.46. The molecule has 3 rings (SSSR count). The molecule has 2 aromatic carbocycles. The highest BCUT2D eigenvalue weighted by Gasteiger charge is 2.27. The van der Waals surface area contributed by atoms with Gasteiger partial charge in [-0.05, 0) is 42.0 Å². The molecule has 1 unspecified atom stereocenters. The molecule has 4 nitrogen and oxygen atoms in total. The molecule has 0 radical (unpaired) electrons. The Hall–Kier alpha value is -2.33. The van der Waals surface area contributed by atoms with E-state index >= 15 is 0 Å². The number of aliphatic hydroxyl groups excluding tert-OH is 1. The molecule has 1 aliphatic rings. The van der Waals surface area contributed by atoms with Gasteiger partial charge in [0.2, 0.25) is 0 Å². The summed E-state index contributed by atoms with van der Waals surface area (Å²) < 4.78 is 0. The van der Waals surface area contributed by atoms with Crippen LogP contribution < -0.4 is 5.06 Å². The number of nitrogens with zero attached hydrogens (tertiary/aromatic N) is 1. The Morgan fingerprint density at radius 2 is 1.92 bits per heavy atom. The number of anilines is 1. The Bertz CT molecular complexity index is 749. The third-order valence-electron chi connectivity index (χ3n) is 4.26. The lowest BCUT2D eigenvalue weighted by atomic mass is 9.86. The highest BCUT2D eigenvalue weighted by Crippen LogP contribution is 2.36. The Kier molecular flexibility index (Phi) is 4.82. The molecule has 0 aromatic heterocycles. The van der Waals surface area contributed by atoms with Gasteiger partial charge in [0.25, 0.3) is 0 Å². The Balaban J connectivity index is 1.83. The van der Waals surface area contributed by atoms with Crippen LogP contribution in [-0.4, -0.2) is 17.6 Å². The normalized spacial score (nSPS) is 17.1. The maximum Gasteiger partial charge on any atom is 0.363 e. The average molecular weight is 339 g/mol. The molecule has 1 heterocycles. The molecule has 4 heteroatoms. The monoisotopic (exact) mass is 339 g/mol. The summed E-state index contributed by atoms with van der Waals surface area (Å²) in [6.45, 7) is 7.05. The van der Waals surface area contributed by atoms with Crippen LogP contribution in [0.15, 0.2) is 48.5 Å². The molecular weight excluding hydrogens is 314 g/mol. The van der Waals surface area contributed by atoms with E-state index in [1.807, 2.05) is 36.4 Å². The van der Waals surface area contributed by atoms with Gasteiger partial charge in [-0.1, -0.05) is 51.1 Å². The van der Waals surface area contributed by atoms with E-state index in [1.54, 1.807) is 17.2 Å². The zero-order valence-electron chi connectivity index (χ0n) is 15.0. The summed E-state index contributed by atoms with van der Waals surface area (Å²) in [6.07, 6.45) is 0.937. The van der Waals surface area contributed by atoms with Crippen LogP contribution >= 0.6 is 0 Å². The van der Waals surface area contributed by atoms with Crippen LogP contribution in [0.4, 0.5) is 5.69 Å². The van der Waals surface area contributed by atoms with Gasteiger partial charge in [0.15, 0.2) is 0 Å². The van der Waals surface area contributed by atoms with Gasteiger partial charge in [-0.15, -0.1) is 0 Å². The van der Waals surface area contributed by atoms with Gasteiger partial charge in [0.05, 0.1) is 23.9 Å². The van der Waals surface area contributed by atoms with Crippen LogP contribution in [0.2, 0.25) is 0 Å². The molecule has 25 heavy (non-hydrogen) atoms. The predicted molar refractivity (Wildman–Crippen MR) is 98.4 cm³/mol. The van der Waals surface area contributed by atoms with Crippen molar-refractivity contribution in [1.82, 2.24) is 0 Å². The van der Waals surface area contributed by atoms with E-state index in [2.05, 4.69) is 20.8 Å². The van der Waals surface area contributed by atoms with Crippen LogP contribution in [0.1, 0.15) is 54.8 Å². The van der Waals surface area contributed by atoms with Crippen molar-refractivity contribution < 1.29 is 14.7 Å². The van der Waals surface area contributed by atoms with Crippen molar-refractivity contribution in [2.45, 2.75) is 39.7 Å². The number of hydrogen-bond acceptors (Lipinski definition) is 4. The van der Waals surface area contributed by atoms with Crippen molar-refractivity contribution in [2.75, 3.05) is 11.6 Å². The number of benzene rings is 2. The first-order chi connectivity index (χ1) is 11.8. The lowest BCUT2D eigenvalue weighted by Gasteiger charge is -2.32. The van der Waals surface area contributed by atoms with E-state index in [4.69, 9.17) is 4.84 Å². The quantitative estimate of drug-likeness (QED) is 0.906. The lowest BCUT2D eigenvalue weighted by Crippen LogP contribution is -2.33. The van der Waals surface area contributed by atoms with E-state index in [0.29, 0.717) is 18.5 Å². The molecule has 0 amide bonds. The zero-order chi connectivity index (χ0) is 18.0. The van der Waals surface area contributed by atoms with E-state index in [9.17, 15) is 9.90 Å². The fourth-order valence-electron chi connectivity index (χ4n) is 3.16. The first-order valence-electron chi connectivity index (χ1n) is 8.69. The molecule has 0 aliphatic carbocycles. The maximum atomic E-state index is 12.3. The number of aliphatic hydroxyl groups is 1. The second-order valence-corrected chi connectivity index (χ2v) is 7.78. The maximum absolute atomic E-state index is 12.3. The van der Waals surface area contributed by atoms with Crippen molar-refractivity contribution in [3.8, 4) is 0 Å². The van der Waals surface area contributed by atoms with Crippen molar-refractivity contribution in [1.29, 1.82) is 0 Å².